The number of carbonyl (C=O) groups excluding carboxylic acids is 1. The fourth-order valence-electron chi connectivity index (χ4n) is 3.99. The van der Waals surface area contributed by atoms with Crippen LogP contribution in [-0.4, -0.2) is 35.3 Å². The van der Waals surface area contributed by atoms with E-state index in [1.54, 1.807) is 0 Å². The van der Waals surface area contributed by atoms with Gasteiger partial charge >= 0.3 is 0 Å². The zero-order valence-electron chi connectivity index (χ0n) is 19.4. The van der Waals surface area contributed by atoms with Crippen LogP contribution in [0, 0.1) is 6.92 Å². The molecule has 34 heavy (non-hydrogen) atoms. The number of nitrogens with one attached hydrogen (secondary N) is 2. The van der Waals surface area contributed by atoms with Crippen molar-refractivity contribution in [2.75, 3.05) is 13.2 Å². The molecule has 178 valence electrons. The molecule has 0 bridgehead atoms. The lowest BCUT2D eigenvalue weighted by Gasteiger charge is -2.18. The molecule has 1 atom stereocenters. The smallest absolute Gasteiger partial charge is 0.255 e. The zero-order valence-corrected chi connectivity index (χ0v) is 20.2. The molecule has 0 spiro atoms. The molecule has 0 saturated heterocycles. The van der Waals surface area contributed by atoms with Crippen LogP contribution in [0.25, 0.3) is 22.0 Å². The van der Waals surface area contributed by atoms with Crippen molar-refractivity contribution in [3.05, 3.63) is 88.6 Å². The molecule has 3 aromatic carbocycles. The number of aromatic nitrogens is 1. The summed E-state index contributed by atoms with van der Waals surface area (Å²) in [7, 11) is 0. The van der Waals surface area contributed by atoms with E-state index in [0.717, 1.165) is 39.6 Å². The summed E-state index contributed by atoms with van der Waals surface area (Å²) < 4.78 is 5.87. The molecular weight excluding hydrogens is 448 g/mol. The predicted octanol–water partition coefficient (Wildman–Crippen LogP) is 6.16. The van der Waals surface area contributed by atoms with Crippen LogP contribution in [0.3, 0.4) is 0 Å². The van der Waals surface area contributed by atoms with Gasteiger partial charge < -0.3 is 20.1 Å². The molecule has 5 nitrogen and oxygen atoms in total. The largest absolute Gasteiger partial charge is 0.493 e. The average Bonchev–Trinajstić information content (AvgIpc) is 3.26. The van der Waals surface area contributed by atoms with Crippen molar-refractivity contribution in [1.29, 1.82) is 0 Å². The Morgan fingerprint density at radius 2 is 1.91 bits per heavy atom. The van der Waals surface area contributed by atoms with Gasteiger partial charge in [0.15, 0.2) is 0 Å². The number of halogens is 1. The summed E-state index contributed by atoms with van der Waals surface area (Å²) in [6.45, 7) is 4.30. The number of ether oxygens (including phenoxy) is 1. The second-order valence-corrected chi connectivity index (χ2v) is 8.85. The molecule has 1 amide bonds. The van der Waals surface area contributed by atoms with Gasteiger partial charge in [-0.3, -0.25) is 4.79 Å². The van der Waals surface area contributed by atoms with Crippen molar-refractivity contribution in [3.8, 4) is 16.9 Å². The third-order valence-electron chi connectivity index (χ3n) is 5.89. The molecule has 0 aliphatic rings. The van der Waals surface area contributed by atoms with Crippen LogP contribution < -0.4 is 10.1 Å². The van der Waals surface area contributed by atoms with Crippen LogP contribution in [0.4, 0.5) is 0 Å². The number of aryl methyl sites for hydroxylation is 1. The summed E-state index contributed by atoms with van der Waals surface area (Å²) in [6.07, 6.45) is 3.26. The topological polar surface area (TPSA) is 74.3 Å². The predicted molar refractivity (Wildman–Crippen MR) is 140 cm³/mol. The van der Waals surface area contributed by atoms with Crippen molar-refractivity contribution < 1.29 is 16.1 Å². The van der Waals surface area contributed by atoms with E-state index in [2.05, 4.69) is 10.3 Å². The maximum absolute atomic E-state index is 13.4. The highest BCUT2D eigenvalue weighted by Gasteiger charge is 2.20. The normalized spacial score (nSPS) is 12.0. The monoisotopic (exact) mass is 478 g/mol. The Hall–Kier alpha value is -3.28. The Bertz CT molecular complexity index is 1300. The standard InChI is InChI=1S/C28H29ClN2O3.H2/c1-3-12-34-27-11-10-19(20-9-8-18(2)25(29)15-20)14-24(27)28(33)31-22(17-32)13-21-16-30-26-7-5-4-6-23(21)26;/h4-11,14-16,22,30,32H,3,12-13,17H2,1-2H3,(H,31,33);1H/t22-;/m0./s1. The number of fused-ring (bicyclic) bond motifs is 1. The van der Waals surface area contributed by atoms with Crippen LogP contribution in [-0.2, 0) is 6.42 Å². The maximum Gasteiger partial charge on any atom is 0.255 e. The number of aliphatic hydroxyl groups is 1. The van der Waals surface area contributed by atoms with Gasteiger partial charge in [-0.2, -0.15) is 0 Å². The van der Waals surface area contributed by atoms with Gasteiger partial charge in [-0.15, -0.1) is 0 Å². The molecule has 0 aliphatic carbocycles. The van der Waals surface area contributed by atoms with Crippen molar-refractivity contribution in [1.82, 2.24) is 10.3 Å². The van der Waals surface area contributed by atoms with E-state index in [1.165, 1.54) is 0 Å². The molecule has 0 radical (unpaired) electrons. The SMILES string of the molecule is CCCOc1ccc(-c2ccc(C)c(Cl)c2)cc1C(=O)N[C@H](CO)Cc1c[nH]c2ccccc12.[HH]. The molecule has 1 aromatic heterocycles. The first-order valence-corrected chi connectivity index (χ1v) is 11.9. The number of aromatic amines is 1. The summed E-state index contributed by atoms with van der Waals surface area (Å²) >= 11 is 6.33. The average molecular weight is 479 g/mol. The fourth-order valence-corrected chi connectivity index (χ4v) is 4.17. The Kier molecular flexibility index (Phi) is 7.56. The number of para-hydroxylation sites is 1. The van der Waals surface area contributed by atoms with E-state index in [9.17, 15) is 9.90 Å². The van der Waals surface area contributed by atoms with E-state index >= 15 is 0 Å². The zero-order chi connectivity index (χ0) is 24.1. The highest BCUT2D eigenvalue weighted by Crippen LogP contribution is 2.30. The van der Waals surface area contributed by atoms with E-state index in [1.807, 2.05) is 80.7 Å². The number of rotatable bonds is 9. The third kappa shape index (κ3) is 5.27. The molecule has 1 heterocycles. The lowest BCUT2D eigenvalue weighted by atomic mass is 10.00. The van der Waals surface area contributed by atoms with Crippen molar-refractivity contribution >= 4 is 28.4 Å². The first kappa shape index (κ1) is 23.9. The second kappa shape index (κ2) is 10.8. The van der Waals surface area contributed by atoms with Gasteiger partial charge in [-0.05, 0) is 66.3 Å². The summed E-state index contributed by atoms with van der Waals surface area (Å²) in [4.78, 5) is 16.6. The molecule has 4 rings (SSSR count). The summed E-state index contributed by atoms with van der Waals surface area (Å²) in [6, 6.07) is 19.0. The van der Waals surface area contributed by atoms with E-state index < -0.39 is 6.04 Å². The first-order valence-electron chi connectivity index (χ1n) is 11.5. The van der Waals surface area contributed by atoms with Gasteiger partial charge in [-0.1, -0.05) is 54.9 Å². The Labute approximate surface area is 206 Å². The van der Waals surface area contributed by atoms with E-state index in [-0.39, 0.29) is 13.9 Å². The van der Waals surface area contributed by atoms with Crippen molar-refractivity contribution in [3.63, 3.8) is 0 Å². The molecule has 3 N–H and O–H groups in total. The highest BCUT2D eigenvalue weighted by molar-refractivity contribution is 6.31. The Balaban J connectivity index is 0.00000342. The van der Waals surface area contributed by atoms with Crippen LogP contribution in [0.2, 0.25) is 5.02 Å². The Morgan fingerprint density at radius 3 is 2.68 bits per heavy atom. The number of aliphatic hydroxyl groups excluding tert-OH is 1. The number of carbonyl (C=O) groups is 1. The molecule has 4 aromatic rings. The minimum Gasteiger partial charge on any atom is -0.493 e. The van der Waals surface area contributed by atoms with Crippen LogP contribution in [0.15, 0.2) is 66.9 Å². The molecule has 0 saturated carbocycles. The minimum absolute atomic E-state index is 0. The number of benzene rings is 3. The quantitative estimate of drug-likeness (QED) is 0.269. The molecular formula is C28H31ClN2O3. The third-order valence-corrected chi connectivity index (χ3v) is 6.30. The van der Waals surface area contributed by atoms with E-state index in [0.29, 0.717) is 29.4 Å². The van der Waals surface area contributed by atoms with Crippen LogP contribution in [0.1, 0.15) is 36.3 Å². The van der Waals surface area contributed by atoms with Crippen molar-refractivity contribution in [2.45, 2.75) is 32.7 Å². The lowest BCUT2D eigenvalue weighted by molar-refractivity contribution is 0.0912. The number of hydrogen-bond acceptors (Lipinski definition) is 3. The second-order valence-electron chi connectivity index (χ2n) is 8.44. The molecule has 0 fully saturated rings. The van der Waals surface area contributed by atoms with Gasteiger partial charge in [0.25, 0.3) is 5.91 Å². The number of H-pyrrole nitrogens is 1. The first-order chi connectivity index (χ1) is 16.5. The summed E-state index contributed by atoms with van der Waals surface area (Å²) in [5.41, 5.74) is 5.28. The van der Waals surface area contributed by atoms with Gasteiger partial charge in [0.05, 0.1) is 24.8 Å². The number of amides is 1. The van der Waals surface area contributed by atoms with Gasteiger partial charge in [-0.25, -0.2) is 0 Å². The van der Waals surface area contributed by atoms with E-state index in [4.69, 9.17) is 16.3 Å². The maximum atomic E-state index is 13.4. The minimum atomic E-state index is -0.441. The van der Waals surface area contributed by atoms with Gasteiger partial charge in [0, 0.05) is 23.5 Å². The van der Waals surface area contributed by atoms with Gasteiger partial charge in [0.2, 0.25) is 0 Å². The summed E-state index contributed by atoms with van der Waals surface area (Å²) in [5.74, 6) is 0.232. The van der Waals surface area contributed by atoms with Gasteiger partial charge in [0.1, 0.15) is 5.75 Å². The highest BCUT2D eigenvalue weighted by atomic mass is 35.5. The lowest BCUT2D eigenvalue weighted by Crippen LogP contribution is -2.39. The number of hydrogen-bond donors (Lipinski definition) is 3. The molecule has 6 heteroatoms. The summed E-state index contributed by atoms with van der Waals surface area (Å²) in [5, 5.41) is 14.8. The fraction of sp³-hybridized carbons (Fsp3) is 0.250. The molecule has 0 unspecified atom stereocenters. The Morgan fingerprint density at radius 1 is 1.15 bits per heavy atom. The van der Waals surface area contributed by atoms with Crippen LogP contribution in [0.5, 0.6) is 5.75 Å². The van der Waals surface area contributed by atoms with Crippen molar-refractivity contribution in [2.24, 2.45) is 0 Å². The molecule has 0 aliphatic heterocycles. The van der Waals surface area contributed by atoms with Crippen LogP contribution >= 0.6 is 11.6 Å².